The van der Waals surface area contributed by atoms with Gasteiger partial charge in [-0.05, 0) is 59.6 Å². The minimum Gasteiger partial charge on any atom is -0.496 e. The van der Waals surface area contributed by atoms with Crippen LogP contribution in [-0.2, 0) is 30.9 Å². The SMILES string of the molecule is COC(=O)[C@@H]1CC=CC2=C3C(=C3C(=O)NS(=O)(=O)CCC(F)(F)F)Cn3c(cc4c(OC)ccc(C5CCCCC5)c43)C21. The van der Waals surface area contributed by atoms with Gasteiger partial charge in [0.15, 0.2) is 0 Å². The first-order valence-electron chi connectivity index (χ1n) is 14.5. The summed E-state index contributed by atoms with van der Waals surface area (Å²) in [5.74, 6) is -2.70. The summed E-state index contributed by atoms with van der Waals surface area (Å²) in [4.78, 5) is 26.4. The van der Waals surface area contributed by atoms with Crippen LogP contribution in [0.15, 0.2) is 52.6 Å². The van der Waals surface area contributed by atoms with Gasteiger partial charge in [-0.2, -0.15) is 13.2 Å². The number of aromatic nitrogens is 1. The molecule has 8 nitrogen and oxygen atoms in total. The first kappa shape index (κ1) is 29.5. The van der Waals surface area contributed by atoms with Gasteiger partial charge in [0.2, 0.25) is 10.0 Å². The van der Waals surface area contributed by atoms with Crippen LogP contribution in [0.1, 0.15) is 68.0 Å². The van der Waals surface area contributed by atoms with Crippen molar-refractivity contribution in [3.05, 3.63) is 63.9 Å². The van der Waals surface area contributed by atoms with Gasteiger partial charge in [-0.1, -0.05) is 37.5 Å². The fraction of sp³-hybridized carbons (Fsp3) is 0.484. The van der Waals surface area contributed by atoms with E-state index in [4.69, 9.17) is 9.47 Å². The van der Waals surface area contributed by atoms with Crippen LogP contribution in [0, 0.1) is 5.92 Å². The number of esters is 1. The van der Waals surface area contributed by atoms with Crippen LogP contribution in [0.5, 0.6) is 5.75 Å². The molecule has 1 amide bonds. The molecule has 1 aliphatic heterocycles. The van der Waals surface area contributed by atoms with Gasteiger partial charge >= 0.3 is 12.1 Å². The van der Waals surface area contributed by atoms with Crippen molar-refractivity contribution in [3.63, 3.8) is 0 Å². The highest BCUT2D eigenvalue weighted by Gasteiger charge is 2.48. The number of ether oxygens (including phenoxy) is 2. The molecule has 0 bridgehead atoms. The number of rotatable bonds is 7. The topological polar surface area (TPSA) is 104 Å². The van der Waals surface area contributed by atoms with Crippen molar-refractivity contribution in [1.82, 2.24) is 9.29 Å². The van der Waals surface area contributed by atoms with E-state index in [-0.39, 0.29) is 12.1 Å². The third-order valence-electron chi connectivity index (χ3n) is 9.12. The molecule has 1 saturated carbocycles. The monoisotopic (exact) mass is 618 g/mol. The number of carbonyl (C=O) groups is 2. The normalized spacial score (nSPS) is 22.1. The fourth-order valence-electron chi connectivity index (χ4n) is 7.14. The molecular formula is C31H33F3N2O6S. The molecule has 0 saturated heterocycles. The van der Waals surface area contributed by atoms with Crippen molar-refractivity contribution in [1.29, 1.82) is 0 Å². The maximum Gasteiger partial charge on any atom is 0.390 e. The van der Waals surface area contributed by atoms with E-state index in [2.05, 4.69) is 10.6 Å². The number of alkyl halides is 3. The largest absolute Gasteiger partial charge is 0.496 e. The number of hydrogen-bond donors (Lipinski definition) is 1. The number of hydrogen-bond acceptors (Lipinski definition) is 6. The number of nitrogens with zero attached hydrogens (tertiary/aromatic N) is 1. The molecule has 3 aliphatic carbocycles. The zero-order valence-electron chi connectivity index (χ0n) is 23.9. The number of fused-ring (bicyclic) bond motifs is 6. The Morgan fingerprint density at radius 2 is 1.86 bits per heavy atom. The van der Waals surface area contributed by atoms with E-state index in [1.807, 2.05) is 29.0 Å². The lowest BCUT2D eigenvalue weighted by molar-refractivity contribution is -0.146. The third-order valence-corrected chi connectivity index (χ3v) is 10.4. The lowest BCUT2D eigenvalue weighted by atomic mass is 9.76. The summed E-state index contributed by atoms with van der Waals surface area (Å²) in [5.41, 5.74) is 4.97. The first-order chi connectivity index (χ1) is 20.4. The molecule has 6 rings (SSSR count). The van der Waals surface area contributed by atoms with E-state index in [0.717, 1.165) is 47.8 Å². The number of halogens is 3. The van der Waals surface area contributed by atoms with E-state index in [9.17, 15) is 31.2 Å². The van der Waals surface area contributed by atoms with Crippen LogP contribution in [0.25, 0.3) is 10.9 Å². The number of methoxy groups -OCH3 is 2. The minimum absolute atomic E-state index is 0.139. The van der Waals surface area contributed by atoms with Crippen LogP contribution in [0.4, 0.5) is 13.2 Å². The summed E-state index contributed by atoms with van der Waals surface area (Å²) >= 11 is 0. The summed E-state index contributed by atoms with van der Waals surface area (Å²) in [6, 6.07) is 6.10. The summed E-state index contributed by atoms with van der Waals surface area (Å²) in [7, 11) is -1.60. The maximum absolute atomic E-state index is 13.3. The van der Waals surface area contributed by atoms with E-state index in [1.54, 1.807) is 7.11 Å². The summed E-state index contributed by atoms with van der Waals surface area (Å²) in [6.07, 6.45) is 3.36. The average molecular weight is 619 g/mol. The number of nitrogens with one attached hydrogen (secondary N) is 1. The second-order valence-corrected chi connectivity index (χ2v) is 13.5. The number of sulfonamides is 1. The Labute approximate surface area is 247 Å². The van der Waals surface area contributed by atoms with Gasteiger partial charge in [-0.15, -0.1) is 0 Å². The lowest BCUT2D eigenvalue weighted by Gasteiger charge is -2.29. The molecular weight excluding hydrogens is 585 g/mol. The zero-order chi connectivity index (χ0) is 30.7. The van der Waals surface area contributed by atoms with Gasteiger partial charge in [0.05, 0.1) is 43.4 Å². The highest BCUT2D eigenvalue weighted by molar-refractivity contribution is 7.90. The third kappa shape index (κ3) is 5.38. The van der Waals surface area contributed by atoms with Crippen LogP contribution < -0.4 is 9.46 Å². The molecule has 230 valence electrons. The number of carbonyl (C=O) groups excluding carboxylic acids is 2. The smallest absolute Gasteiger partial charge is 0.390 e. The second-order valence-electron chi connectivity index (χ2n) is 11.7. The average Bonchev–Trinajstić information content (AvgIpc) is 3.61. The molecule has 1 unspecified atom stereocenters. The summed E-state index contributed by atoms with van der Waals surface area (Å²) in [5, 5.41) is 0.892. The lowest BCUT2D eigenvalue weighted by Crippen LogP contribution is -2.34. The Morgan fingerprint density at radius 1 is 1.12 bits per heavy atom. The van der Waals surface area contributed by atoms with E-state index < -0.39 is 52.1 Å². The Hall–Kier alpha value is -3.54. The van der Waals surface area contributed by atoms with Gasteiger partial charge < -0.3 is 14.0 Å². The molecule has 1 fully saturated rings. The second kappa shape index (κ2) is 10.9. The maximum atomic E-state index is 13.3. The van der Waals surface area contributed by atoms with Crippen LogP contribution in [0.2, 0.25) is 0 Å². The molecule has 0 spiro atoms. The van der Waals surface area contributed by atoms with Gasteiger partial charge in [-0.3, -0.25) is 9.59 Å². The molecule has 1 aromatic carbocycles. The number of amides is 1. The Kier molecular flexibility index (Phi) is 7.46. The minimum atomic E-state index is -4.68. The zero-order valence-corrected chi connectivity index (χ0v) is 24.7. The van der Waals surface area contributed by atoms with Gasteiger partial charge in [-0.25, -0.2) is 13.1 Å². The Morgan fingerprint density at radius 3 is 2.53 bits per heavy atom. The van der Waals surface area contributed by atoms with Crippen molar-refractivity contribution in [2.75, 3.05) is 20.0 Å². The standard InChI is InChI=1S/C31H33F3N2O6S/c1-41-24-12-11-18(17-7-4-3-5-8-17)28-21(24)15-23-25-19(9-6-10-20(25)30(38)42-2)26-22(16-36(23)28)27(26)29(37)35-43(39,40)14-13-31(32,33)34/h6,9,11-12,15,17,20,25H,3-5,7-8,10,13-14,16H2,1-2H3,(H,35,37)/t20-,25?/m1/s1. The van der Waals surface area contributed by atoms with E-state index in [0.29, 0.717) is 34.8 Å². The van der Waals surface area contributed by atoms with Crippen molar-refractivity contribution >= 4 is 32.8 Å². The van der Waals surface area contributed by atoms with Gasteiger partial charge in [0.1, 0.15) is 5.75 Å². The predicted octanol–water partition coefficient (Wildman–Crippen LogP) is 5.55. The predicted molar refractivity (Wildman–Crippen MR) is 153 cm³/mol. The van der Waals surface area contributed by atoms with Crippen LogP contribution in [-0.4, -0.2) is 51.0 Å². The molecule has 43 heavy (non-hydrogen) atoms. The van der Waals surface area contributed by atoms with E-state index in [1.165, 1.54) is 13.5 Å². The van der Waals surface area contributed by atoms with Crippen LogP contribution >= 0.6 is 0 Å². The molecule has 1 N–H and O–H groups in total. The van der Waals surface area contributed by atoms with Crippen LogP contribution in [0.3, 0.4) is 0 Å². The summed E-state index contributed by atoms with van der Waals surface area (Å²) < 4.78 is 77.8. The van der Waals surface area contributed by atoms with Gasteiger partial charge in [0, 0.05) is 23.5 Å². The molecule has 2 heterocycles. The summed E-state index contributed by atoms with van der Waals surface area (Å²) in [6.45, 7) is 0.244. The van der Waals surface area contributed by atoms with Crippen molar-refractivity contribution in [2.24, 2.45) is 5.92 Å². The Bertz CT molecular complexity index is 1710. The molecule has 2 aromatic rings. The fourth-order valence-corrected chi connectivity index (χ4v) is 8.13. The van der Waals surface area contributed by atoms with Crippen molar-refractivity contribution < 1.29 is 40.7 Å². The molecule has 4 aliphatic rings. The molecule has 2 atom stereocenters. The molecule has 12 heteroatoms. The molecule has 1 aromatic heterocycles. The number of benzene rings is 1. The van der Waals surface area contributed by atoms with Crippen molar-refractivity contribution in [2.45, 2.75) is 69.5 Å². The highest BCUT2D eigenvalue weighted by Crippen LogP contribution is 2.55. The first-order valence-corrected chi connectivity index (χ1v) is 16.1. The highest BCUT2D eigenvalue weighted by atomic mass is 32.2. The number of allylic oxidation sites excluding steroid dienone is 4. The molecule has 0 radical (unpaired) electrons. The van der Waals surface area contributed by atoms with E-state index >= 15 is 0 Å². The quantitative estimate of drug-likeness (QED) is 0.409. The van der Waals surface area contributed by atoms with Gasteiger partial charge in [0.25, 0.3) is 5.91 Å². The Balaban J connectivity index is 1.49. The van der Waals surface area contributed by atoms with Crippen molar-refractivity contribution in [3.8, 4) is 5.75 Å².